The lowest BCUT2D eigenvalue weighted by Gasteiger charge is -2.33. The van der Waals surface area contributed by atoms with E-state index < -0.39 is 12.2 Å². The Morgan fingerprint density at radius 3 is 2.65 bits per heavy atom. The van der Waals surface area contributed by atoms with Gasteiger partial charge in [0, 0.05) is 18.4 Å². The first-order valence-corrected chi connectivity index (χ1v) is 11.2. The third-order valence-electron chi connectivity index (χ3n) is 5.80. The van der Waals surface area contributed by atoms with E-state index in [1.807, 2.05) is 19.9 Å². The van der Waals surface area contributed by atoms with Crippen LogP contribution in [-0.4, -0.2) is 39.6 Å². The summed E-state index contributed by atoms with van der Waals surface area (Å²) < 4.78 is 5.53. The molecule has 0 aliphatic carbocycles. The van der Waals surface area contributed by atoms with Crippen LogP contribution in [0.15, 0.2) is 48.6 Å². The van der Waals surface area contributed by atoms with Crippen LogP contribution in [0.3, 0.4) is 0 Å². The number of phenols is 1. The van der Waals surface area contributed by atoms with Crippen molar-refractivity contribution in [2.24, 2.45) is 17.8 Å². The molecule has 31 heavy (non-hydrogen) atoms. The van der Waals surface area contributed by atoms with Crippen LogP contribution in [0.5, 0.6) is 5.75 Å². The number of carbonyl (C=O) groups excluding carboxylic acids is 1. The van der Waals surface area contributed by atoms with Gasteiger partial charge < -0.3 is 20.1 Å². The molecule has 0 aromatic heterocycles. The maximum absolute atomic E-state index is 11.6. The van der Waals surface area contributed by atoms with Crippen LogP contribution < -0.4 is 0 Å². The van der Waals surface area contributed by atoms with E-state index in [0.29, 0.717) is 12.0 Å². The molecule has 0 fully saturated rings. The van der Waals surface area contributed by atoms with Crippen molar-refractivity contribution in [3.63, 3.8) is 0 Å². The van der Waals surface area contributed by atoms with Crippen molar-refractivity contribution in [2.45, 2.75) is 58.3 Å². The second kappa shape index (κ2) is 12.1. The number of allylic oxidation sites excluding steroid dienone is 2. The molecule has 0 radical (unpaired) electrons. The maximum atomic E-state index is 11.6. The van der Waals surface area contributed by atoms with Gasteiger partial charge in [0.15, 0.2) is 0 Å². The Balaban J connectivity index is 1.84. The maximum Gasteiger partial charge on any atom is 0.330 e. The summed E-state index contributed by atoms with van der Waals surface area (Å²) in [6, 6.07) is 4.99. The van der Waals surface area contributed by atoms with Crippen molar-refractivity contribution in [1.82, 2.24) is 0 Å². The molecule has 1 unspecified atom stereocenters. The molecular formula is C25H33ClO5. The van der Waals surface area contributed by atoms with E-state index in [1.165, 1.54) is 12.1 Å². The summed E-state index contributed by atoms with van der Waals surface area (Å²) in [6.07, 6.45) is 10.3. The molecule has 3 N–H and O–H groups in total. The molecule has 1 aliphatic heterocycles. The number of hydrogen-bond acceptors (Lipinski definition) is 5. The highest BCUT2D eigenvalue weighted by Crippen LogP contribution is 2.31. The predicted octanol–water partition coefficient (Wildman–Crippen LogP) is 4.90. The van der Waals surface area contributed by atoms with Gasteiger partial charge in [-0.3, -0.25) is 0 Å². The molecule has 0 amide bonds. The number of aromatic hydroxyl groups is 1. The Morgan fingerprint density at radius 2 is 1.94 bits per heavy atom. The fourth-order valence-corrected chi connectivity index (χ4v) is 4.12. The van der Waals surface area contributed by atoms with Crippen LogP contribution in [0.1, 0.15) is 45.6 Å². The summed E-state index contributed by atoms with van der Waals surface area (Å²) in [5.41, 5.74) is 0.673. The average molecular weight is 449 g/mol. The summed E-state index contributed by atoms with van der Waals surface area (Å²) in [6.45, 7) is 6.05. The number of hydrogen-bond donors (Lipinski definition) is 3. The molecule has 0 bridgehead atoms. The molecule has 0 saturated carbocycles. The lowest BCUT2D eigenvalue weighted by Crippen LogP contribution is -2.36. The SMILES string of the molecule is CC[C@@H]1C=CC(=O)OC1[C@@H](C)C[C@@H](C)[C@@H](O)C[C@H](O)/C=C/C=C/c1cccc(O)c1Cl. The smallest absolute Gasteiger partial charge is 0.330 e. The fourth-order valence-electron chi connectivity index (χ4n) is 3.93. The minimum atomic E-state index is -0.795. The zero-order valence-electron chi connectivity index (χ0n) is 18.3. The molecule has 2 rings (SSSR count). The monoisotopic (exact) mass is 448 g/mol. The Kier molecular flexibility index (Phi) is 9.82. The Hall–Kier alpha value is -2.08. The number of esters is 1. The van der Waals surface area contributed by atoms with Gasteiger partial charge in [0.2, 0.25) is 0 Å². The normalized spacial score (nSPS) is 23.1. The number of phenolic OH excluding ortho intramolecular Hbond substituents is 1. The summed E-state index contributed by atoms with van der Waals surface area (Å²) in [7, 11) is 0. The Morgan fingerprint density at radius 1 is 1.19 bits per heavy atom. The van der Waals surface area contributed by atoms with E-state index in [-0.39, 0.29) is 47.0 Å². The molecule has 0 saturated heterocycles. The Bertz CT molecular complexity index is 816. The van der Waals surface area contributed by atoms with E-state index in [9.17, 15) is 20.1 Å². The molecule has 6 atom stereocenters. The first-order chi connectivity index (χ1) is 14.7. The van der Waals surface area contributed by atoms with Crippen LogP contribution in [0.4, 0.5) is 0 Å². The molecule has 1 aromatic rings. The summed E-state index contributed by atoms with van der Waals surface area (Å²) in [5, 5.41) is 30.6. The van der Waals surface area contributed by atoms with Crippen LogP contribution >= 0.6 is 11.6 Å². The predicted molar refractivity (Wildman–Crippen MR) is 124 cm³/mol. The quantitative estimate of drug-likeness (QED) is 0.350. The van der Waals surface area contributed by atoms with Gasteiger partial charge in [-0.15, -0.1) is 0 Å². The third kappa shape index (κ3) is 7.53. The lowest BCUT2D eigenvalue weighted by molar-refractivity contribution is -0.150. The first kappa shape index (κ1) is 25.2. The van der Waals surface area contributed by atoms with Crippen molar-refractivity contribution in [3.8, 4) is 5.75 Å². The van der Waals surface area contributed by atoms with Gasteiger partial charge in [-0.1, -0.05) is 74.9 Å². The number of ether oxygens (including phenoxy) is 1. The van der Waals surface area contributed by atoms with Crippen molar-refractivity contribution in [2.75, 3.05) is 0 Å². The molecular weight excluding hydrogens is 416 g/mol. The molecule has 6 heteroatoms. The van der Waals surface area contributed by atoms with Gasteiger partial charge in [-0.05, 0) is 36.3 Å². The second-order valence-corrected chi connectivity index (χ2v) is 8.70. The lowest BCUT2D eigenvalue weighted by atomic mass is 9.81. The molecule has 170 valence electrons. The van der Waals surface area contributed by atoms with Crippen LogP contribution in [-0.2, 0) is 9.53 Å². The highest BCUT2D eigenvalue weighted by atomic mass is 35.5. The van der Waals surface area contributed by atoms with Gasteiger partial charge in [0.25, 0.3) is 0 Å². The van der Waals surface area contributed by atoms with Gasteiger partial charge in [0.05, 0.1) is 17.2 Å². The summed E-state index contributed by atoms with van der Waals surface area (Å²) in [5.74, 6) is -0.0517. The number of rotatable bonds is 10. The molecule has 1 aromatic carbocycles. The molecule has 1 aliphatic rings. The van der Waals surface area contributed by atoms with Crippen molar-refractivity contribution >= 4 is 23.6 Å². The number of carbonyl (C=O) groups is 1. The van der Waals surface area contributed by atoms with Crippen molar-refractivity contribution < 1.29 is 24.9 Å². The van der Waals surface area contributed by atoms with Gasteiger partial charge in [-0.2, -0.15) is 0 Å². The topological polar surface area (TPSA) is 87.0 Å². The standard InChI is InChI=1S/C25H33ClO5/c1-4-18-12-13-23(30)31-25(18)17(3)14-16(2)22(29)15-20(27)10-6-5-8-19-9-7-11-21(28)24(19)26/h5-13,16-18,20,22,25,27-29H,4,14-15H2,1-3H3/b8-5+,10-6+/t16-,17+,18-,20-,22+,25?/m1/s1. The van der Waals surface area contributed by atoms with Gasteiger partial charge >= 0.3 is 5.97 Å². The van der Waals surface area contributed by atoms with E-state index in [0.717, 1.165) is 6.42 Å². The minimum absolute atomic E-state index is 0.0171. The highest BCUT2D eigenvalue weighted by molar-refractivity contribution is 6.33. The zero-order chi connectivity index (χ0) is 23.0. The number of benzene rings is 1. The third-order valence-corrected chi connectivity index (χ3v) is 6.21. The van der Waals surface area contributed by atoms with Crippen molar-refractivity contribution in [3.05, 3.63) is 59.2 Å². The summed E-state index contributed by atoms with van der Waals surface area (Å²) in [4.78, 5) is 11.6. The average Bonchev–Trinajstić information content (AvgIpc) is 2.73. The second-order valence-electron chi connectivity index (χ2n) is 8.32. The molecule has 5 nitrogen and oxygen atoms in total. The summed E-state index contributed by atoms with van der Waals surface area (Å²) >= 11 is 6.02. The number of aliphatic hydroxyl groups excluding tert-OH is 2. The van der Waals surface area contributed by atoms with Crippen LogP contribution in [0.25, 0.3) is 6.08 Å². The molecule has 1 heterocycles. The highest BCUT2D eigenvalue weighted by Gasteiger charge is 2.32. The largest absolute Gasteiger partial charge is 0.506 e. The van der Waals surface area contributed by atoms with Crippen LogP contribution in [0.2, 0.25) is 5.02 Å². The van der Waals surface area contributed by atoms with Crippen molar-refractivity contribution in [1.29, 1.82) is 0 Å². The van der Waals surface area contributed by atoms with Gasteiger partial charge in [0.1, 0.15) is 11.9 Å². The fraction of sp³-hybridized carbons (Fsp3) is 0.480. The zero-order valence-corrected chi connectivity index (χ0v) is 19.1. The van der Waals surface area contributed by atoms with E-state index in [4.69, 9.17) is 16.3 Å². The van der Waals surface area contributed by atoms with E-state index in [1.54, 1.807) is 36.4 Å². The number of aliphatic hydroxyl groups is 2. The van der Waals surface area contributed by atoms with Gasteiger partial charge in [-0.25, -0.2) is 4.79 Å². The molecule has 0 spiro atoms. The first-order valence-electron chi connectivity index (χ1n) is 10.8. The number of cyclic esters (lactones) is 1. The van der Waals surface area contributed by atoms with E-state index >= 15 is 0 Å². The number of halogens is 1. The Labute approximate surface area is 189 Å². The van der Waals surface area contributed by atoms with E-state index in [2.05, 4.69) is 6.92 Å². The van der Waals surface area contributed by atoms with Crippen LogP contribution in [0, 0.1) is 17.8 Å². The minimum Gasteiger partial charge on any atom is -0.506 e.